The molecule has 6 nitrogen and oxygen atoms in total. The molecule has 0 N–H and O–H groups in total. The largest absolute Gasteiger partial charge is 0.208 e. The van der Waals surface area contributed by atoms with E-state index in [0.717, 1.165) is 55.0 Å². The van der Waals surface area contributed by atoms with Crippen LogP contribution in [0.15, 0.2) is 146 Å². The first-order chi connectivity index (χ1) is 24.5. The summed E-state index contributed by atoms with van der Waals surface area (Å²) in [6.07, 6.45) is 0. The number of nitrogens with zero attached hydrogens (tertiary/aromatic N) is 6. The number of para-hydroxylation sites is 1. The first-order valence-corrected chi connectivity index (χ1v) is 16.9. The number of hydrogen-bond acceptors (Lipinski definition) is 5. The molecule has 0 saturated heterocycles. The summed E-state index contributed by atoms with van der Waals surface area (Å²) in [7, 11) is 0. The van der Waals surface area contributed by atoms with Crippen molar-refractivity contribution >= 4 is 32.6 Å². The zero-order valence-corrected chi connectivity index (χ0v) is 27.5. The highest BCUT2D eigenvalue weighted by atomic mass is 15.5. The molecule has 2 heterocycles. The highest BCUT2D eigenvalue weighted by molar-refractivity contribution is 6.18. The fraction of sp³-hybridized carbons (Fsp3) is 0.0682. The maximum Gasteiger partial charge on any atom is 0.164 e. The molecule has 0 fully saturated rings. The molecule has 0 amide bonds. The molecule has 0 atom stereocenters. The second kappa shape index (κ2) is 10.7. The van der Waals surface area contributed by atoms with E-state index in [1.165, 1.54) is 22.3 Å². The van der Waals surface area contributed by atoms with Crippen molar-refractivity contribution in [3.8, 4) is 51.0 Å². The van der Waals surface area contributed by atoms with Gasteiger partial charge in [-0.25, -0.2) is 15.0 Å². The summed E-state index contributed by atoms with van der Waals surface area (Å²) in [6, 6.07) is 50.3. The van der Waals surface area contributed by atoms with Crippen LogP contribution in [-0.2, 0) is 5.41 Å². The Bertz CT molecular complexity index is 2780. The van der Waals surface area contributed by atoms with Crippen molar-refractivity contribution < 1.29 is 0 Å². The normalized spacial score (nSPS) is 13.2. The lowest BCUT2D eigenvalue weighted by Crippen LogP contribution is -2.14. The topological polar surface area (TPSA) is 69.4 Å². The molecule has 0 unspecified atom stereocenters. The predicted octanol–water partition coefficient (Wildman–Crippen LogP) is 10.2. The van der Waals surface area contributed by atoms with Gasteiger partial charge in [0.05, 0.1) is 5.69 Å². The highest BCUT2D eigenvalue weighted by Crippen LogP contribution is 2.51. The molecule has 1 aliphatic rings. The van der Waals surface area contributed by atoms with E-state index in [1.807, 2.05) is 54.6 Å². The minimum Gasteiger partial charge on any atom is -0.208 e. The fourth-order valence-electron chi connectivity index (χ4n) is 7.63. The minimum atomic E-state index is -0.126. The third-order valence-corrected chi connectivity index (χ3v) is 10.1. The van der Waals surface area contributed by atoms with Crippen molar-refractivity contribution in [1.29, 1.82) is 0 Å². The average molecular weight is 643 g/mol. The van der Waals surface area contributed by atoms with E-state index in [4.69, 9.17) is 25.1 Å². The van der Waals surface area contributed by atoms with Gasteiger partial charge in [-0.05, 0) is 62.7 Å². The van der Waals surface area contributed by atoms with Crippen molar-refractivity contribution in [2.75, 3.05) is 0 Å². The van der Waals surface area contributed by atoms with Crippen LogP contribution >= 0.6 is 0 Å². The van der Waals surface area contributed by atoms with Gasteiger partial charge in [-0.1, -0.05) is 135 Å². The Morgan fingerprint density at radius 1 is 0.500 bits per heavy atom. The molecule has 0 saturated carbocycles. The maximum absolute atomic E-state index is 5.21. The second-order valence-corrected chi connectivity index (χ2v) is 13.4. The Morgan fingerprint density at radius 2 is 1.16 bits per heavy atom. The van der Waals surface area contributed by atoms with Gasteiger partial charge < -0.3 is 0 Å². The summed E-state index contributed by atoms with van der Waals surface area (Å²) in [6.45, 7) is 4.59. The SMILES string of the molecule is CC1(C)c2ccccc2-c2c(-c3nc(-c4ccccc4)nc(-c4ccc5c(ccc6ccc7nn(-c8ccccc8)nc7c65)c4)n3)cccc21. The van der Waals surface area contributed by atoms with Crippen LogP contribution in [0.1, 0.15) is 25.0 Å². The van der Waals surface area contributed by atoms with Gasteiger partial charge in [0.2, 0.25) is 0 Å². The van der Waals surface area contributed by atoms with Crippen LogP contribution in [0.4, 0.5) is 0 Å². The zero-order valence-electron chi connectivity index (χ0n) is 27.5. The first-order valence-electron chi connectivity index (χ1n) is 16.9. The van der Waals surface area contributed by atoms with Gasteiger partial charge in [-0.15, -0.1) is 10.2 Å². The summed E-state index contributed by atoms with van der Waals surface area (Å²) in [4.78, 5) is 17.1. The van der Waals surface area contributed by atoms with Crippen LogP contribution in [0.2, 0.25) is 0 Å². The van der Waals surface area contributed by atoms with E-state index >= 15 is 0 Å². The lowest BCUT2D eigenvalue weighted by molar-refractivity contribution is 0.660. The van der Waals surface area contributed by atoms with Crippen LogP contribution in [0, 0.1) is 0 Å². The van der Waals surface area contributed by atoms with E-state index in [-0.39, 0.29) is 5.41 Å². The monoisotopic (exact) mass is 642 g/mol. The van der Waals surface area contributed by atoms with E-state index in [0.29, 0.717) is 17.5 Å². The van der Waals surface area contributed by atoms with Gasteiger partial charge >= 0.3 is 0 Å². The molecule has 9 aromatic rings. The third-order valence-electron chi connectivity index (χ3n) is 10.1. The van der Waals surface area contributed by atoms with Crippen LogP contribution in [0.3, 0.4) is 0 Å². The summed E-state index contributed by atoms with van der Waals surface area (Å²) < 4.78 is 0. The summed E-state index contributed by atoms with van der Waals surface area (Å²) in [5, 5.41) is 14.2. The Hall–Kier alpha value is -6.53. The molecule has 6 heteroatoms. The van der Waals surface area contributed by atoms with Crippen LogP contribution < -0.4 is 0 Å². The molecular formula is C44H30N6. The van der Waals surface area contributed by atoms with E-state index in [9.17, 15) is 0 Å². The van der Waals surface area contributed by atoms with Gasteiger partial charge in [0.25, 0.3) is 0 Å². The number of benzene rings is 7. The van der Waals surface area contributed by atoms with Gasteiger partial charge in [0.15, 0.2) is 17.5 Å². The van der Waals surface area contributed by atoms with Gasteiger partial charge in [-0.3, -0.25) is 0 Å². The van der Waals surface area contributed by atoms with Crippen molar-refractivity contribution in [3.05, 3.63) is 157 Å². The van der Waals surface area contributed by atoms with Crippen molar-refractivity contribution in [2.45, 2.75) is 19.3 Å². The standard InChI is InChI=1S/C44H30N6/c1-44(2)35-18-10-9-16-33(35)39-34(17-11-19-36(39)44)43-46-41(28-12-5-3-6-13-28)45-42(47-43)30-22-24-32-29(26-30)21-20-27-23-25-37-40(38(27)32)49-50(48-37)31-14-7-4-8-15-31/h3-26H,1-2H3. The Morgan fingerprint density at radius 3 is 2.00 bits per heavy atom. The van der Waals surface area contributed by atoms with Gasteiger partial charge in [-0.2, -0.15) is 4.80 Å². The van der Waals surface area contributed by atoms with E-state index < -0.39 is 0 Å². The van der Waals surface area contributed by atoms with Gasteiger partial charge in [0, 0.05) is 27.5 Å². The molecule has 10 rings (SSSR count). The molecule has 0 aliphatic heterocycles. The minimum absolute atomic E-state index is 0.126. The number of hydrogen-bond donors (Lipinski definition) is 0. The molecule has 7 aromatic carbocycles. The Kier molecular flexibility index (Phi) is 6.12. The predicted molar refractivity (Wildman–Crippen MR) is 201 cm³/mol. The summed E-state index contributed by atoms with van der Waals surface area (Å²) >= 11 is 0. The Labute approximate surface area is 288 Å². The van der Waals surface area contributed by atoms with Crippen LogP contribution in [0.25, 0.3) is 83.6 Å². The highest BCUT2D eigenvalue weighted by Gasteiger charge is 2.37. The summed E-state index contributed by atoms with van der Waals surface area (Å²) in [5.74, 6) is 1.94. The molecule has 0 bridgehead atoms. The van der Waals surface area contributed by atoms with Crippen molar-refractivity contribution in [1.82, 2.24) is 29.9 Å². The molecule has 50 heavy (non-hydrogen) atoms. The van der Waals surface area contributed by atoms with E-state index in [1.54, 1.807) is 4.80 Å². The molecule has 2 aromatic heterocycles. The zero-order chi connectivity index (χ0) is 33.4. The van der Waals surface area contributed by atoms with Crippen LogP contribution in [-0.4, -0.2) is 29.9 Å². The maximum atomic E-state index is 5.21. The number of fused-ring (bicyclic) bond motifs is 8. The Balaban J connectivity index is 1.17. The first kappa shape index (κ1) is 28.5. The smallest absolute Gasteiger partial charge is 0.164 e. The lowest BCUT2D eigenvalue weighted by Gasteiger charge is -2.21. The third kappa shape index (κ3) is 4.31. The van der Waals surface area contributed by atoms with Crippen LogP contribution in [0.5, 0.6) is 0 Å². The second-order valence-electron chi connectivity index (χ2n) is 13.4. The van der Waals surface area contributed by atoms with Crippen molar-refractivity contribution in [2.24, 2.45) is 0 Å². The molecule has 236 valence electrons. The van der Waals surface area contributed by atoms with Crippen molar-refractivity contribution in [3.63, 3.8) is 0 Å². The molecule has 0 radical (unpaired) electrons. The van der Waals surface area contributed by atoms with E-state index in [2.05, 4.69) is 105 Å². The molecule has 0 spiro atoms. The number of rotatable bonds is 4. The lowest BCUT2D eigenvalue weighted by atomic mass is 9.82. The quantitative estimate of drug-likeness (QED) is 0.179. The fourth-order valence-corrected chi connectivity index (χ4v) is 7.63. The molecular weight excluding hydrogens is 613 g/mol. The average Bonchev–Trinajstić information content (AvgIpc) is 3.72. The summed E-state index contributed by atoms with van der Waals surface area (Å²) in [5.41, 5.74) is 10.4. The number of aromatic nitrogens is 6. The van der Waals surface area contributed by atoms with Gasteiger partial charge in [0.1, 0.15) is 11.0 Å². The molecule has 1 aliphatic carbocycles.